The molecule has 0 atom stereocenters. The van der Waals surface area contributed by atoms with Crippen molar-refractivity contribution < 1.29 is 14.3 Å². The van der Waals surface area contributed by atoms with Gasteiger partial charge >= 0.3 is 0 Å². The third-order valence-electron chi connectivity index (χ3n) is 4.70. The molecule has 0 fully saturated rings. The molecule has 1 aromatic carbocycles. The number of aliphatic imine (C=N–C) groups is 1. The van der Waals surface area contributed by atoms with Gasteiger partial charge in [0, 0.05) is 0 Å². The minimum absolute atomic E-state index is 0.0566. The number of ether oxygens (including phenoxy) is 2. The summed E-state index contributed by atoms with van der Waals surface area (Å²) in [7, 11) is 0. The lowest BCUT2D eigenvalue weighted by molar-refractivity contribution is -0.114. The molecule has 0 saturated heterocycles. The molecule has 0 aromatic heterocycles. The van der Waals surface area contributed by atoms with Gasteiger partial charge in [-0.05, 0) is 48.4 Å². The van der Waals surface area contributed by atoms with Gasteiger partial charge in [0.15, 0.2) is 17.3 Å². The van der Waals surface area contributed by atoms with Gasteiger partial charge in [-0.25, -0.2) is 0 Å². The maximum absolute atomic E-state index is 12.5. The predicted molar refractivity (Wildman–Crippen MR) is 111 cm³/mol. The van der Waals surface area contributed by atoms with Gasteiger partial charge in [-0.1, -0.05) is 38.7 Å². The van der Waals surface area contributed by atoms with Crippen molar-refractivity contribution in [1.82, 2.24) is 5.01 Å². The monoisotopic (exact) mass is 398 g/mol. The smallest absolute Gasteiger partial charge is 0.283 e. The minimum atomic E-state index is -0.416. The number of unbranched alkanes of at least 4 members (excludes halogenated alkanes) is 4. The molecule has 0 bridgehead atoms. The number of fused-ring (bicyclic) bond motifs is 2. The summed E-state index contributed by atoms with van der Waals surface area (Å²) in [4.78, 5) is 16.6. The first-order valence-corrected chi connectivity index (χ1v) is 10.4. The molecule has 146 valence electrons. The average Bonchev–Trinajstić information content (AvgIpc) is 3.31. The molecule has 4 rings (SSSR count). The van der Waals surface area contributed by atoms with Crippen LogP contribution in [-0.4, -0.2) is 33.8 Å². The molecule has 0 radical (unpaired) electrons. The fourth-order valence-corrected chi connectivity index (χ4v) is 4.11. The number of nitrogens with one attached hydrogen (secondary N) is 1. The van der Waals surface area contributed by atoms with E-state index >= 15 is 0 Å². The SMILES string of the molecule is CCCCCCCC1=NN2C(=N)/C(=C/c3ccc4c(c3)OCO4)C(=O)N=C2S1. The zero-order chi connectivity index (χ0) is 19.5. The van der Waals surface area contributed by atoms with Crippen LogP contribution in [0.15, 0.2) is 33.9 Å². The first kappa shape index (κ1) is 18.7. The van der Waals surface area contributed by atoms with Gasteiger partial charge in [0.2, 0.25) is 12.0 Å². The van der Waals surface area contributed by atoms with Crippen molar-refractivity contribution in [2.24, 2.45) is 10.1 Å². The normalized spacial score (nSPS) is 19.2. The number of carbonyl (C=O) groups is 1. The van der Waals surface area contributed by atoms with Crippen molar-refractivity contribution in [3.8, 4) is 11.5 Å². The number of rotatable bonds is 7. The number of amides is 1. The van der Waals surface area contributed by atoms with E-state index in [9.17, 15) is 4.79 Å². The van der Waals surface area contributed by atoms with E-state index in [4.69, 9.17) is 14.9 Å². The molecule has 3 aliphatic rings. The van der Waals surface area contributed by atoms with E-state index in [-0.39, 0.29) is 18.2 Å². The Hall–Kier alpha value is -2.61. The van der Waals surface area contributed by atoms with Gasteiger partial charge in [-0.3, -0.25) is 10.2 Å². The van der Waals surface area contributed by atoms with Crippen LogP contribution in [0.5, 0.6) is 11.5 Å². The van der Waals surface area contributed by atoms with E-state index in [1.165, 1.54) is 42.5 Å². The number of benzene rings is 1. The number of nitrogens with zero attached hydrogens (tertiary/aromatic N) is 3. The highest BCUT2D eigenvalue weighted by atomic mass is 32.2. The zero-order valence-corrected chi connectivity index (χ0v) is 16.6. The number of hydrogen-bond acceptors (Lipinski definition) is 6. The van der Waals surface area contributed by atoms with Crippen molar-refractivity contribution in [2.75, 3.05) is 6.79 Å². The quantitative estimate of drug-likeness (QED) is 0.543. The summed E-state index contributed by atoms with van der Waals surface area (Å²) >= 11 is 1.39. The molecule has 1 aromatic rings. The Morgan fingerprint density at radius 1 is 1.21 bits per heavy atom. The molecular weight excluding hydrogens is 376 g/mol. The van der Waals surface area contributed by atoms with E-state index in [2.05, 4.69) is 17.0 Å². The summed E-state index contributed by atoms with van der Waals surface area (Å²) in [5.74, 6) is 0.951. The van der Waals surface area contributed by atoms with Gasteiger partial charge in [-0.15, -0.1) is 0 Å². The van der Waals surface area contributed by atoms with Crippen LogP contribution >= 0.6 is 11.8 Å². The summed E-state index contributed by atoms with van der Waals surface area (Å²) in [6, 6.07) is 5.41. The third-order valence-corrected chi connectivity index (χ3v) is 5.67. The third kappa shape index (κ3) is 3.82. The van der Waals surface area contributed by atoms with Gasteiger partial charge in [0.1, 0.15) is 5.04 Å². The summed E-state index contributed by atoms with van der Waals surface area (Å²) in [5, 5.41) is 15.8. The molecule has 0 spiro atoms. The Balaban J connectivity index is 1.47. The van der Waals surface area contributed by atoms with Gasteiger partial charge < -0.3 is 9.47 Å². The molecule has 28 heavy (non-hydrogen) atoms. The van der Waals surface area contributed by atoms with Crippen LogP contribution < -0.4 is 9.47 Å². The Bertz CT molecular complexity index is 907. The highest BCUT2D eigenvalue weighted by Crippen LogP contribution is 2.34. The lowest BCUT2D eigenvalue weighted by atomic mass is 10.1. The average molecular weight is 398 g/mol. The van der Waals surface area contributed by atoms with Crippen LogP contribution in [0.25, 0.3) is 6.08 Å². The van der Waals surface area contributed by atoms with E-state index in [0.717, 1.165) is 23.4 Å². The predicted octanol–water partition coefficient (Wildman–Crippen LogP) is 4.39. The van der Waals surface area contributed by atoms with Crippen molar-refractivity contribution in [1.29, 1.82) is 5.41 Å². The fourth-order valence-electron chi connectivity index (χ4n) is 3.18. The molecule has 0 saturated carbocycles. The number of hydrogen-bond donors (Lipinski definition) is 1. The molecular formula is C20H22N4O3S. The lowest BCUT2D eigenvalue weighted by Crippen LogP contribution is -2.35. The van der Waals surface area contributed by atoms with Crippen LogP contribution in [0.1, 0.15) is 51.0 Å². The maximum atomic E-state index is 12.5. The van der Waals surface area contributed by atoms with Crippen molar-refractivity contribution in [3.05, 3.63) is 29.3 Å². The van der Waals surface area contributed by atoms with Gasteiger partial charge in [0.25, 0.3) is 5.91 Å². The Kier molecular flexibility index (Phi) is 5.47. The number of thioether (sulfide) groups is 1. The first-order valence-electron chi connectivity index (χ1n) is 9.54. The standard InChI is InChI=1S/C20H22N4O3S/c1-2-3-4-5-6-7-17-23-24-18(21)14(19(25)22-20(24)28-17)10-13-8-9-15-16(11-13)27-12-26-15/h8-11,21H,2-7,12H2,1H3/b14-10-,21-18?. The highest BCUT2D eigenvalue weighted by molar-refractivity contribution is 8.26. The topological polar surface area (TPSA) is 87.3 Å². The first-order chi connectivity index (χ1) is 13.7. The second-order valence-corrected chi connectivity index (χ2v) is 7.83. The number of carbonyl (C=O) groups excluding carboxylic acids is 1. The molecule has 1 N–H and O–H groups in total. The van der Waals surface area contributed by atoms with E-state index in [1.807, 2.05) is 6.07 Å². The Morgan fingerprint density at radius 2 is 2.04 bits per heavy atom. The largest absolute Gasteiger partial charge is 0.454 e. The lowest BCUT2D eigenvalue weighted by Gasteiger charge is -2.20. The second kappa shape index (κ2) is 8.18. The Morgan fingerprint density at radius 3 is 2.89 bits per heavy atom. The van der Waals surface area contributed by atoms with Crippen molar-refractivity contribution in [3.63, 3.8) is 0 Å². The maximum Gasteiger partial charge on any atom is 0.283 e. The minimum Gasteiger partial charge on any atom is -0.454 e. The van der Waals surface area contributed by atoms with Gasteiger partial charge in [-0.2, -0.15) is 15.1 Å². The molecule has 0 aliphatic carbocycles. The van der Waals surface area contributed by atoms with Crippen molar-refractivity contribution in [2.45, 2.75) is 45.4 Å². The number of amidine groups is 2. The molecule has 0 unspecified atom stereocenters. The second-order valence-electron chi connectivity index (χ2n) is 6.79. The summed E-state index contributed by atoms with van der Waals surface area (Å²) in [6.07, 6.45) is 8.45. The van der Waals surface area contributed by atoms with Crippen LogP contribution in [-0.2, 0) is 4.79 Å². The highest BCUT2D eigenvalue weighted by Gasteiger charge is 2.35. The fraction of sp³-hybridized carbons (Fsp3) is 0.400. The van der Waals surface area contributed by atoms with Crippen LogP contribution in [0.3, 0.4) is 0 Å². The van der Waals surface area contributed by atoms with Crippen LogP contribution in [0, 0.1) is 5.41 Å². The summed E-state index contributed by atoms with van der Waals surface area (Å²) in [6.45, 7) is 2.39. The van der Waals surface area contributed by atoms with Crippen molar-refractivity contribution >= 4 is 39.8 Å². The Labute approximate surface area is 168 Å². The van der Waals surface area contributed by atoms with E-state index < -0.39 is 5.91 Å². The molecule has 3 heterocycles. The molecule has 1 amide bonds. The van der Waals surface area contributed by atoms with Gasteiger partial charge in [0.05, 0.1) is 5.57 Å². The summed E-state index contributed by atoms with van der Waals surface area (Å²) in [5.41, 5.74) is 0.971. The van der Waals surface area contributed by atoms with E-state index in [0.29, 0.717) is 16.7 Å². The summed E-state index contributed by atoms with van der Waals surface area (Å²) < 4.78 is 10.7. The van der Waals surface area contributed by atoms with Crippen LogP contribution in [0.2, 0.25) is 0 Å². The number of hydrazone groups is 1. The molecule has 3 aliphatic heterocycles. The van der Waals surface area contributed by atoms with E-state index in [1.54, 1.807) is 18.2 Å². The zero-order valence-electron chi connectivity index (χ0n) is 15.7. The molecule has 7 nitrogen and oxygen atoms in total. The molecule has 8 heteroatoms. The van der Waals surface area contributed by atoms with Crippen LogP contribution in [0.4, 0.5) is 0 Å².